The van der Waals surface area contributed by atoms with Crippen molar-refractivity contribution in [3.05, 3.63) is 65.5 Å². The molecular formula is C23H27N5OS. The summed E-state index contributed by atoms with van der Waals surface area (Å²) >= 11 is 1.46. The maximum atomic E-state index is 12.3. The average molecular weight is 422 g/mol. The number of nitrogens with two attached hydrogens (primary N) is 1. The van der Waals surface area contributed by atoms with Crippen molar-refractivity contribution in [1.29, 1.82) is 0 Å². The molecule has 0 spiro atoms. The highest BCUT2D eigenvalue weighted by atomic mass is 32.1. The Labute approximate surface area is 181 Å². The van der Waals surface area contributed by atoms with Gasteiger partial charge in [-0.2, -0.15) is 0 Å². The van der Waals surface area contributed by atoms with Crippen LogP contribution in [0.4, 0.5) is 10.8 Å². The van der Waals surface area contributed by atoms with Crippen molar-refractivity contribution < 1.29 is 4.79 Å². The molecule has 7 heteroatoms. The lowest BCUT2D eigenvalue weighted by Crippen LogP contribution is -2.46. The number of amides is 1. The number of thiazole rings is 1. The van der Waals surface area contributed by atoms with Gasteiger partial charge in [0.15, 0.2) is 5.13 Å². The molecule has 1 amide bonds. The molecule has 3 N–H and O–H groups in total. The first-order chi connectivity index (χ1) is 14.7. The molecule has 30 heavy (non-hydrogen) atoms. The largest absolute Gasteiger partial charge is 0.399 e. The molecule has 3 aromatic rings. The van der Waals surface area contributed by atoms with Crippen LogP contribution in [0.25, 0.3) is 11.3 Å². The number of benzene rings is 2. The van der Waals surface area contributed by atoms with Crippen molar-refractivity contribution >= 4 is 28.1 Å². The van der Waals surface area contributed by atoms with E-state index in [0.717, 1.165) is 56.2 Å². The molecule has 2 aromatic carbocycles. The van der Waals surface area contributed by atoms with Gasteiger partial charge in [-0.15, -0.1) is 11.3 Å². The summed E-state index contributed by atoms with van der Waals surface area (Å²) < 4.78 is 0. The number of nitrogen functional groups attached to an aromatic ring is 1. The normalized spacial score (nSPS) is 15.2. The van der Waals surface area contributed by atoms with Gasteiger partial charge in [-0.3, -0.25) is 9.69 Å². The van der Waals surface area contributed by atoms with Crippen molar-refractivity contribution in [1.82, 2.24) is 14.8 Å². The first-order valence-electron chi connectivity index (χ1n) is 10.3. The van der Waals surface area contributed by atoms with Crippen molar-refractivity contribution in [2.75, 3.05) is 43.8 Å². The molecule has 1 aliphatic rings. The first-order valence-corrected chi connectivity index (χ1v) is 11.1. The summed E-state index contributed by atoms with van der Waals surface area (Å²) in [5.41, 5.74) is 9.89. The minimum Gasteiger partial charge on any atom is -0.399 e. The SMILES string of the molecule is Nc1cccc(CN2CCN(CCC(=O)Nc3nc(-c4ccccc4)cs3)CC2)c1. The van der Waals surface area contributed by atoms with Gasteiger partial charge in [0.1, 0.15) is 0 Å². The number of aromatic nitrogens is 1. The first kappa shape index (κ1) is 20.5. The van der Waals surface area contributed by atoms with Crippen LogP contribution in [0.2, 0.25) is 0 Å². The van der Waals surface area contributed by atoms with Crippen molar-refractivity contribution in [2.24, 2.45) is 0 Å². The zero-order valence-electron chi connectivity index (χ0n) is 17.0. The van der Waals surface area contributed by atoms with E-state index in [9.17, 15) is 4.79 Å². The van der Waals surface area contributed by atoms with Gasteiger partial charge in [0.25, 0.3) is 0 Å². The Morgan fingerprint density at radius 2 is 1.80 bits per heavy atom. The minimum absolute atomic E-state index is 0.0196. The zero-order valence-corrected chi connectivity index (χ0v) is 17.8. The van der Waals surface area contributed by atoms with Crippen LogP contribution in [0.3, 0.4) is 0 Å². The second-order valence-corrected chi connectivity index (χ2v) is 8.42. The van der Waals surface area contributed by atoms with Gasteiger partial charge in [0.05, 0.1) is 5.69 Å². The van der Waals surface area contributed by atoms with E-state index in [1.165, 1.54) is 16.9 Å². The zero-order chi connectivity index (χ0) is 20.8. The Bertz CT molecular complexity index is 966. The van der Waals surface area contributed by atoms with Crippen LogP contribution in [0, 0.1) is 0 Å². The lowest BCUT2D eigenvalue weighted by Gasteiger charge is -2.34. The molecule has 0 atom stereocenters. The number of hydrogen-bond acceptors (Lipinski definition) is 6. The number of anilines is 2. The molecule has 1 fully saturated rings. The molecule has 0 bridgehead atoms. The number of nitrogens with zero attached hydrogens (tertiary/aromatic N) is 3. The van der Waals surface area contributed by atoms with Crippen molar-refractivity contribution in [2.45, 2.75) is 13.0 Å². The van der Waals surface area contributed by atoms with Gasteiger partial charge < -0.3 is 16.0 Å². The van der Waals surface area contributed by atoms with Crippen molar-refractivity contribution in [3.8, 4) is 11.3 Å². The highest BCUT2D eigenvalue weighted by Gasteiger charge is 2.18. The van der Waals surface area contributed by atoms with Gasteiger partial charge in [-0.25, -0.2) is 4.98 Å². The Morgan fingerprint density at radius 3 is 2.57 bits per heavy atom. The summed E-state index contributed by atoms with van der Waals surface area (Å²) in [6.07, 6.45) is 0.482. The molecule has 0 unspecified atom stereocenters. The quantitative estimate of drug-likeness (QED) is 0.571. The van der Waals surface area contributed by atoms with Crippen LogP contribution in [0.15, 0.2) is 60.0 Å². The van der Waals surface area contributed by atoms with Crippen LogP contribution in [0.5, 0.6) is 0 Å². The minimum atomic E-state index is 0.0196. The number of piperazine rings is 1. The van der Waals surface area contributed by atoms with Crippen LogP contribution in [0.1, 0.15) is 12.0 Å². The molecule has 0 aliphatic carbocycles. The van der Waals surface area contributed by atoms with E-state index in [1.807, 2.05) is 53.9 Å². The van der Waals surface area contributed by atoms with Crippen LogP contribution >= 0.6 is 11.3 Å². The molecule has 1 aromatic heterocycles. The van der Waals surface area contributed by atoms with E-state index in [0.29, 0.717) is 11.6 Å². The second-order valence-electron chi connectivity index (χ2n) is 7.56. The van der Waals surface area contributed by atoms with Gasteiger partial charge in [0, 0.05) is 62.3 Å². The fourth-order valence-corrected chi connectivity index (χ4v) is 4.37. The summed E-state index contributed by atoms with van der Waals surface area (Å²) in [4.78, 5) is 21.7. The van der Waals surface area contributed by atoms with Gasteiger partial charge in [0.2, 0.25) is 5.91 Å². The summed E-state index contributed by atoms with van der Waals surface area (Å²) in [6, 6.07) is 18.1. The standard InChI is InChI=1S/C23H27N5OS/c24-20-8-4-5-18(15-20)16-28-13-11-27(12-14-28)10-9-22(29)26-23-25-21(17-30-23)19-6-2-1-3-7-19/h1-8,15,17H,9-14,16,24H2,(H,25,26,29). The van der Waals surface area contributed by atoms with E-state index >= 15 is 0 Å². The van der Waals surface area contributed by atoms with Crippen LogP contribution in [-0.2, 0) is 11.3 Å². The van der Waals surface area contributed by atoms with E-state index in [1.54, 1.807) is 0 Å². The lowest BCUT2D eigenvalue weighted by atomic mass is 10.1. The van der Waals surface area contributed by atoms with Crippen LogP contribution in [-0.4, -0.2) is 53.4 Å². The second kappa shape index (κ2) is 9.84. The van der Waals surface area contributed by atoms with E-state index in [-0.39, 0.29) is 5.91 Å². The molecular weight excluding hydrogens is 394 g/mol. The molecule has 0 radical (unpaired) electrons. The maximum Gasteiger partial charge on any atom is 0.227 e. The molecule has 2 heterocycles. The van der Waals surface area contributed by atoms with Gasteiger partial charge >= 0.3 is 0 Å². The third-order valence-corrected chi connectivity index (χ3v) is 6.06. The number of carbonyl (C=O) groups excluding carboxylic acids is 1. The third-order valence-electron chi connectivity index (χ3n) is 5.30. The van der Waals surface area contributed by atoms with E-state index < -0.39 is 0 Å². The van der Waals surface area contributed by atoms with Gasteiger partial charge in [-0.05, 0) is 17.7 Å². The molecule has 6 nitrogen and oxygen atoms in total. The maximum absolute atomic E-state index is 12.3. The summed E-state index contributed by atoms with van der Waals surface area (Å²) in [7, 11) is 0. The van der Waals surface area contributed by atoms with E-state index in [2.05, 4.69) is 26.2 Å². The predicted octanol–water partition coefficient (Wildman–Crippen LogP) is 3.54. The Balaban J connectivity index is 1.19. The van der Waals surface area contributed by atoms with Gasteiger partial charge in [-0.1, -0.05) is 42.5 Å². The smallest absolute Gasteiger partial charge is 0.227 e. The fraction of sp³-hybridized carbons (Fsp3) is 0.304. The van der Waals surface area contributed by atoms with Crippen molar-refractivity contribution in [3.63, 3.8) is 0 Å². The monoisotopic (exact) mass is 421 g/mol. The number of carbonyl (C=O) groups is 1. The Hall–Kier alpha value is -2.74. The molecule has 1 aliphatic heterocycles. The molecule has 1 saturated heterocycles. The van der Waals surface area contributed by atoms with E-state index in [4.69, 9.17) is 5.73 Å². The number of nitrogens with one attached hydrogen (secondary N) is 1. The lowest BCUT2D eigenvalue weighted by molar-refractivity contribution is -0.116. The number of rotatable bonds is 7. The highest BCUT2D eigenvalue weighted by Crippen LogP contribution is 2.24. The number of hydrogen-bond donors (Lipinski definition) is 2. The predicted molar refractivity (Wildman–Crippen MR) is 123 cm³/mol. The Kier molecular flexibility index (Phi) is 6.74. The summed E-state index contributed by atoms with van der Waals surface area (Å²) in [5.74, 6) is 0.0196. The molecule has 0 saturated carbocycles. The topological polar surface area (TPSA) is 74.5 Å². The molecule has 4 rings (SSSR count). The summed E-state index contributed by atoms with van der Waals surface area (Å²) in [5, 5.41) is 5.57. The third kappa shape index (κ3) is 5.66. The highest BCUT2D eigenvalue weighted by molar-refractivity contribution is 7.14. The van der Waals surface area contributed by atoms with Crippen LogP contribution < -0.4 is 11.1 Å². The average Bonchev–Trinajstić information content (AvgIpc) is 3.22. The summed E-state index contributed by atoms with van der Waals surface area (Å²) in [6.45, 7) is 5.66. The Morgan fingerprint density at radius 1 is 1.03 bits per heavy atom. The fourth-order valence-electron chi connectivity index (χ4n) is 3.63. The molecule has 156 valence electrons.